The molecule has 0 radical (unpaired) electrons. The highest BCUT2D eigenvalue weighted by molar-refractivity contribution is 7.48. The number of ether oxygens (including phenoxy) is 1. The first-order valence-corrected chi connectivity index (χ1v) is 10.9. The zero-order chi connectivity index (χ0) is 21.5. The molecule has 4 rings (SSSR count). The van der Waals surface area contributed by atoms with E-state index in [1.807, 2.05) is 0 Å². The van der Waals surface area contributed by atoms with Crippen molar-refractivity contribution in [2.75, 3.05) is 13.2 Å². The number of nitrogens with zero attached hydrogens (tertiary/aromatic N) is 1. The summed E-state index contributed by atoms with van der Waals surface area (Å²) in [5, 5.41) is 0. The van der Waals surface area contributed by atoms with Crippen LogP contribution in [0.15, 0.2) is 30.2 Å². The maximum Gasteiger partial charge on any atom is 0.475 e. The number of phosphoric ester groups is 1. The first-order chi connectivity index (χ1) is 14.2. The molecular weight excluding hydrogens is 423 g/mol. The summed E-state index contributed by atoms with van der Waals surface area (Å²) in [5.41, 5.74) is 1.20. The summed E-state index contributed by atoms with van der Waals surface area (Å²) in [6.45, 7) is 1.59. The summed E-state index contributed by atoms with van der Waals surface area (Å²) < 4.78 is 61.9. The number of phosphoric acid groups is 1. The Morgan fingerprint density at radius 2 is 2.07 bits per heavy atom. The fourth-order valence-corrected chi connectivity index (χ4v) is 4.90. The van der Waals surface area contributed by atoms with Gasteiger partial charge < -0.3 is 4.74 Å². The normalized spacial score (nSPS) is 31.6. The highest BCUT2D eigenvalue weighted by Gasteiger charge is 2.49. The molecule has 1 aromatic rings. The van der Waals surface area contributed by atoms with Crippen molar-refractivity contribution in [2.45, 2.75) is 44.6 Å². The number of hydrogen-bond acceptors (Lipinski definition) is 7. The summed E-state index contributed by atoms with van der Waals surface area (Å²) in [7, 11) is -3.90. The molecule has 3 heterocycles. The van der Waals surface area contributed by atoms with Gasteiger partial charge in [0, 0.05) is 12.6 Å². The van der Waals surface area contributed by atoms with Crippen molar-refractivity contribution in [1.82, 2.24) is 4.90 Å². The number of fused-ring (bicyclic) bond motifs is 1. The van der Waals surface area contributed by atoms with E-state index in [9.17, 15) is 22.9 Å². The molecule has 2 fully saturated rings. The lowest BCUT2D eigenvalue weighted by molar-refractivity contribution is -0.146. The number of carbonyl (C=O) groups excluding carboxylic acids is 2. The van der Waals surface area contributed by atoms with Crippen LogP contribution in [0.1, 0.15) is 24.0 Å². The minimum absolute atomic E-state index is 0.0837. The molecule has 3 aliphatic rings. The molecule has 4 atom stereocenters. The van der Waals surface area contributed by atoms with Gasteiger partial charge in [0.1, 0.15) is 24.3 Å². The van der Waals surface area contributed by atoms with Crippen LogP contribution in [0, 0.1) is 12.7 Å². The maximum atomic E-state index is 13.9. The fraction of sp³-hybridized carbons (Fsp3) is 0.474. The molecule has 1 unspecified atom stereocenters. The summed E-state index contributed by atoms with van der Waals surface area (Å²) in [5.74, 6) is -2.87. The van der Waals surface area contributed by atoms with Crippen LogP contribution >= 0.6 is 7.82 Å². The Morgan fingerprint density at radius 1 is 1.27 bits per heavy atom. The summed E-state index contributed by atoms with van der Waals surface area (Å²) in [6.07, 6.45) is -1.68. The van der Waals surface area contributed by atoms with E-state index in [1.54, 1.807) is 19.1 Å². The van der Waals surface area contributed by atoms with E-state index in [4.69, 9.17) is 18.3 Å². The van der Waals surface area contributed by atoms with E-state index >= 15 is 0 Å². The SMILES string of the molecule is Cc1ccc(CCOP2(=O)OC[C@H]3O[C@@H](N4C=C(F)C(=O)CC4=O)C[C@@H]3O2)c(F)c1. The number of amides is 1. The summed E-state index contributed by atoms with van der Waals surface area (Å²) in [6, 6.07) is 4.80. The largest absolute Gasteiger partial charge is 0.475 e. The van der Waals surface area contributed by atoms with Gasteiger partial charge in [0.2, 0.25) is 11.7 Å². The lowest BCUT2D eigenvalue weighted by atomic mass is 10.1. The minimum atomic E-state index is -3.90. The highest BCUT2D eigenvalue weighted by Crippen LogP contribution is 2.56. The molecule has 11 heteroatoms. The van der Waals surface area contributed by atoms with Crippen LogP contribution in [0.4, 0.5) is 8.78 Å². The summed E-state index contributed by atoms with van der Waals surface area (Å²) >= 11 is 0. The van der Waals surface area contributed by atoms with Gasteiger partial charge in [-0.1, -0.05) is 12.1 Å². The van der Waals surface area contributed by atoms with E-state index in [-0.39, 0.29) is 31.9 Å². The molecule has 1 aromatic carbocycles. The van der Waals surface area contributed by atoms with Crippen LogP contribution < -0.4 is 0 Å². The van der Waals surface area contributed by atoms with E-state index in [1.165, 1.54) is 6.07 Å². The lowest BCUT2D eigenvalue weighted by Crippen LogP contribution is -2.40. The van der Waals surface area contributed by atoms with Gasteiger partial charge >= 0.3 is 7.82 Å². The standard InChI is InChI=1S/C19H20F2NO7P/c1-11-2-3-12(13(20)6-11)4-5-26-30(25)27-10-17-16(29-30)8-19(28-17)22-9-14(21)15(23)7-18(22)24/h2-3,6,9,16-17,19H,4-5,7-8,10H2,1H3/t16-,17+,19+,30?/m0/s1. The number of halogens is 2. The predicted molar refractivity (Wildman–Crippen MR) is 98.2 cm³/mol. The van der Waals surface area contributed by atoms with Gasteiger partial charge in [0.05, 0.1) is 19.6 Å². The van der Waals surface area contributed by atoms with Gasteiger partial charge in [-0.25, -0.2) is 13.3 Å². The fourth-order valence-electron chi connectivity index (χ4n) is 3.51. The number of aryl methyl sites for hydroxylation is 1. The van der Waals surface area contributed by atoms with Crippen molar-refractivity contribution in [3.05, 3.63) is 47.2 Å². The second-order valence-corrected chi connectivity index (χ2v) is 8.93. The van der Waals surface area contributed by atoms with Gasteiger partial charge in [0.15, 0.2) is 5.83 Å². The number of rotatable bonds is 5. The monoisotopic (exact) mass is 443 g/mol. The Kier molecular flexibility index (Phi) is 5.87. The lowest BCUT2D eigenvalue weighted by Gasteiger charge is -2.30. The number of carbonyl (C=O) groups is 2. The summed E-state index contributed by atoms with van der Waals surface area (Å²) in [4.78, 5) is 24.3. The minimum Gasteiger partial charge on any atom is -0.349 e. The number of benzene rings is 1. The Hall–Kier alpha value is -1.97. The van der Waals surface area contributed by atoms with Crippen LogP contribution in [0.25, 0.3) is 0 Å². The average molecular weight is 443 g/mol. The second-order valence-electron chi connectivity index (χ2n) is 7.31. The Balaban J connectivity index is 1.34. The molecule has 3 aliphatic heterocycles. The predicted octanol–water partition coefficient (Wildman–Crippen LogP) is 2.94. The van der Waals surface area contributed by atoms with Crippen LogP contribution in [0.3, 0.4) is 0 Å². The van der Waals surface area contributed by atoms with Gasteiger partial charge in [0.25, 0.3) is 0 Å². The van der Waals surface area contributed by atoms with Crippen LogP contribution in [0.5, 0.6) is 0 Å². The van der Waals surface area contributed by atoms with E-state index in [0.717, 1.165) is 16.7 Å². The highest BCUT2D eigenvalue weighted by atomic mass is 31.2. The molecule has 1 amide bonds. The molecule has 0 spiro atoms. The molecule has 0 N–H and O–H groups in total. The third-order valence-electron chi connectivity index (χ3n) is 5.10. The molecule has 162 valence electrons. The first-order valence-electron chi connectivity index (χ1n) is 9.44. The third kappa shape index (κ3) is 4.38. The molecule has 2 saturated heterocycles. The van der Waals surface area contributed by atoms with Crippen LogP contribution in [-0.4, -0.2) is 48.2 Å². The van der Waals surface area contributed by atoms with Crippen molar-refractivity contribution in [1.29, 1.82) is 0 Å². The number of allylic oxidation sites excluding steroid dienone is 1. The van der Waals surface area contributed by atoms with Gasteiger partial charge in [-0.2, -0.15) is 0 Å². The van der Waals surface area contributed by atoms with E-state index in [0.29, 0.717) is 5.56 Å². The topological polar surface area (TPSA) is 91.4 Å². The molecule has 0 saturated carbocycles. The molecule has 0 bridgehead atoms. The van der Waals surface area contributed by atoms with Gasteiger partial charge in [-0.15, -0.1) is 0 Å². The number of Topliss-reactive ketones (excluding diaryl/α,β-unsaturated/α-hetero) is 1. The molecule has 0 aliphatic carbocycles. The first kappa shape index (κ1) is 21.3. The van der Waals surface area contributed by atoms with Crippen LogP contribution in [-0.2, 0) is 38.9 Å². The number of hydrogen-bond donors (Lipinski definition) is 0. The Labute approximate surface area is 171 Å². The van der Waals surface area contributed by atoms with Crippen molar-refractivity contribution in [3.8, 4) is 0 Å². The van der Waals surface area contributed by atoms with Crippen molar-refractivity contribution in [3.63, 3.8) is 0 Å². The van der Waals surface area contributed by atoms with Crippen LogP contribution in [0.2, 0.25) is 0 Å². The third-order valence-corrected chi connectivity index (χ3v) is 6.59. The Bertz CT molecular complexity index is 953. The average Bonchev–Trinajstić information content (AvgIpc) is 3.09. The zero-order valence-electron chi connectivity index (χ0n) is 16.1. The Morgan fingerprint density at radius 3 is 2.83 bits per heavy atom. The second kappa shape index (κ2) is 8.28. The zero-order valence-corrected chi connectivity index (χ0v) is 17.0. The molecule has 0 aromatic heterocycles. The molecule has 30 heavy (non-hydrogen) atoms. The van der Waals surface area contributed by atoms with Gasteiger partial charge in [-0.05, 0) is 30.5 Å². The van der Waals surface area contributed by atoms with Crippen molar-refractivity contribution < 1.29 is 41.2 Å². The van der Waals surface area contributed by atoms with Crippen molar-refractivity contribution >= 4 is 19.5 Å². The quantitative estimate of drug-likeness (QED) is 0.511. The molecular formula is C19H20F2NO7P. The van der Waals surface area contributed by atoms with E-state index < -0.39 is 50.2 Å². The van der Waals surface area contributed by atoms with Gasteiger partial charge in [-0.3, -0.25) is 28.1 Å². The smallest absolute Gasteiger partial charge is 0.349 e. The van der Waals surface area contributed by atoms with Crippen molar-refractivity contribution in [2.24, 2.45) is 0 Å². The van der Waals surface area contributed by atoms with E-state index in [2.05, 4.69) is 0 Å². The maximum absolute atomic E-state index is 13.9. The molecule has 8 nitrogen and oxygen atoms in total. The number of ketones is 1.